The highest BCUT2D eigenvalue weighted by atomic mass is 127. The number of nitrogens with zero attached hydrogens (tertiary/aromatic N) is 2. The van der Waals surface area contributed by atoms with Crippen molar-refractivity contribution < 1.29 is 4.79 Å². The Morgan fingerprint density at radius 3 is 2.75 bits per heavy atom. The van der Waals surface area contributed by atoms with Crippen molar-refractivity contribution in [3.63, 3.8) is 0 Å². The van der Waals surface area contributed by atoms with E-state index in [0.29, 0.717) is 12.1 Å². The number of rotatable bonds is 4. The van der Waals surface area contributed by atoms with Gasteiger partial charge in [-0.05, 0) is 41.1 Å². The van der Waals surface area contributed by atoms with Gasteiger partial charge in [-0.1, -0.05) is 19.1 Å². The van der Waals surface area contributed by atoms with E-state index in [4.69, 9.17) is 5.26 Å². The van der Waals surface area contributed by atoms with Crippen LogP contribution >= 0.6 is 22.6 Å². The first-order valence-corrected chi connectivity index (χ1v) is 6.19. The van der Waals surface area contributed by atoms with Gasteiger partial charge in [0.25, 0.3) is 5.91 Å². The molecule has 1 aromatic rings. The summed E-state index contributed by atoms with van der Waals surface area (Å²) in [5.74, 6) is -0.0617. The molecule has 0 spiro atoms. The molecule has 1 rings (SSSR count). The van der Waals surface area contributed by atoms with Crippen molar-refractivity contribution in [3.05, 3.63) is 33.4 Å². The fraction of sp³-hybridized carbons (Fsp3) is 0.333. The summed E-state index contributed by atoms with van der Waals surface area (Å²) >= 11 is 2.14. The summed E-state index contributed by atoms with van der Waals surface area (Å²) in [4.78, 5) is 13.7. The summed E-state index contributed by atoms with van der Waals surface area (Å²) in [6, 6.07) is 9.45. The quantitative estimate of drug-likeness (QED) is 0.630. The molecule has 0 fully saturated rings. The van der Waals surface area contributed by atoms with Crippen molar-refractivity contribution in [1.29, 1.82) is 5.26 Å². The van der Waals surface area contributed by atoms with Gasteiger partial charge in [0, 0.05) is 10.1 Å². The van der Waals surface area contributed by atoms with Crippen LogP contribution in [0.4, 0.5) is 0 Å². The highest BCUT2D eigenvalue weighted by Gasteiger charge is 2.16. The van der Waals surface area contributed by atoms with Gasteiger partial charge in [-0.2, -0.15) is 5.26 Å². The lowest BCUT2D eigenvalue weighted by Gasteiger charge is -2.19. The first-order chi connectivity index (χ1) is 7.70. The molecule has 0 aromatic heterocycles. The zero-order valence-corrected chi connectivity index (χ0v) is 11.3. The molecule has 0 atom stereocenters. The minimum absolute atomic E-state index is 0.0617. The normalized spacial score (nSPS) is 9.56. The van der Waals surface area contributed by atoms with Crippen LogP contribution < -0.4 is 0 Å². The predicted molar refractivity (Wildman–Crippen MR) is 71.0 cm³/mol. The molecule has 0 unspecified atom stereocenters. The highest BCUT2D eigenvalue weighted by Crippen LogP contribution is 2.14. The van der Waals surface area contributed by atoms with Gasteiger partial charge >= 0.3 is 0 Å². The number of amides is 1. The third-order valence-corrected chi connectivity index (χ3v) is 3.09. The van der Waals surface area contributed by atoms with Gasteiger partial charge in [0.2, 0.25) is 0 Å². The maximum absolute atomic E-state index is 12.1. The van der Waals surface area contributed by atoms with Gasteiger partial charge in [0.05, 0.1) is 11.6 Å². The molecular formula is C12H13IN2O. The van der Waals surface area contributed by atoms with Crippen LogP contribution in [0.25, 0.3) is 0 Å². The van der Waals surface area contributed by atoms with E-state index in [1.165, 1.54) is 0 Å². The molecule has 0 aliphatic heterocycles. The van der Waals surface area contributed by atoms with Crippen molar-refractivity contribution >= 4 is 28.5 Å². The monoisotopic (exact) mass is 328 g/mol. The number of hydrogen-bond acceptors (Lipinski definition) is 2. The third-order valence-electron chi connectivity index (χ3n) is 2.15. The lowest BCUT2D eigenvalue weighted by Crippen LogP contribution is -2.32. The fourth-order valence-electron chi connectivity index (χ4n) is 1.41. The average Bonchev–Trinajstić information content (AvgIpc) is 2.28. The molecule has 0 aliphatic carbocycles. The maximum atomic E-state index is 12.1. The second kappa shape index (κ2) is 6.48. The lowest BCUT2D eigenvalue weighted by atomic mass is 10.2. The minimum atomic E-state index is -0.0617. The standard InChI is InChI=1S/C12H13IN2O/c1-2-8-15(9-7-14)12(16)10-5-3-4-6-11(10)13/h3-6H,2,8-9H2,1H3. The van der Waals surface area contributed by atoms with Gasteiger partial charge in [0.15, 0.2) is 0 Å². The van der Waals surface area contributed by atoms with Crippen LogP contribution in [0, 0.1) is 14.9 Å². The van der Waals surface area contributed by atoms with Crippen LogP contribution in [0.1, 0.15) is 23.7 Å². The number of carbonyl (C=O) groups is 1. The molecule has 0 saturated heterocycles. The van der Waals surface area contributed by atoms with Crippen LogP contribution in [0.15, 0.2) is 24.3 Å². The number of hydrogen-bond donors (Lipinski definition) is 0. The van der Waals surface area contributed by atoms with Crippen LogP contribution in [-0.2, 0) is 0 Å². The third kappa shape index (κ3) is 3.20. The summed E-state index contributed by atoms with van der Waals surface area (Å²) < 4.78 is 0.921. The zero-order chi connectivity index (χ0) is 12.0. The van der Waals surface area contributed by atoms with E-state index in [-0.39, 0.29) is 12.5 Å². The first kappa shape index (κ1) is 13.0. The number of nitriles is 1. The van der Waals surface area contributed by atoms with E-state index < -0.39 is 0 Å². The molecule has 1 aromatic carbocycles. The van der Waals surface area contributed by atoms with Gasteiger partial charge in [-0.25, -0.2) is 0 Å². The molecule has 0 saturated carbocycles. The summed E-state index contributed by atoms with van der Waals surface area (Å²) in [5, 5.41) is 8.68. The van der Waals surface area contributed by atoms with E-state index in [1.54, 1.807) is 11.0 Å². The van der Waals surface area contributed by atoms with Crippen molar-refractivity contribution in [2.45, 2.75) is 13.3 Å². The molecule has 4 heteroatoms. The SMILES string of the molecule is CCCN(CC#N)C(=O)c1ccccc1I. The van der Waals surface area contributed by atoms with Crippen molar-refractivity contribution in [2.24, 2.45) is 0 Å². The van der Waals surface area contributed by atoms with Crippen LogP contribution in [0.5, 0.6) is 0 Å². The van der Waals surface area contributed by atoms with E-state index in [2.05, 4.69) is 22.6 Å². The molecule has 16 heavy (non-hydrogen) atoms. The van der Waals surface area contributed by atoms with E-state index in [1.807, 2.05) is 31.2 Å². The fourth-order valence-corrected chi connectivity index (χ4v) is 2.03. The Bertz CT molecular complexity index is 412. The van der Waals surface area contributed by atoms with Crippen molar-refractivity contribution in [2.75, 3.05) is 13.1 Å². The molecule has 0 heterocycles. The number of halogens is 1. The summed E-state index contributed by atoms with van der Waals surface area (Å²) in [5.41, 5.74) is 0.673. The largest absolute Gasteiger partial charge is 0.325 e. The molecular weight excluding hydrogens is 315 g/mol. The Labute approximate surface area is 109 Å². The first-order valence-electron chi connectivity index (χ1n) is 5.11. The molecule has 3 nitrogen and oxygen atoms in total. The van der Waals surface area contributed by atoms with Crippen LogP contribution in [0.3, 0.4) is 0 Å². The van der Waals surface area contributed by atoms with E-state index >= 15 is 0 Å². The molecule has 0 aliphatic rings. The predicted octanol–water partition coefficient (Wildman–Crippen LogP) is 2.67. The summed E-state index contributed by atoms with van der Waals surface area (Å²) in [7, 11) is 0. The molecule has 0 radical (unpaired) electrons. The number of carbonyl (C=O) groups excluding carboxylic acids is 1. The molecule has 0 N–H and O–H groups in total. The highest BCUT2D eigenvalue weighted by molar-refractivity contribution is 14.1. The lowest BCUT2D eigenvalue weighted by molar-refractivity contribution is 0.0775. The molecule has 84 valence electrons. The molecule has 0 bridgehead atoms. The Morgan fingerprint density at radius 1 is 1.50 bits per heavy atom. The van der Waals surface area contributed by atoms with Crippen LogP contribution in [-0.4, -0.2) is 23.9 Å². The van der Waals surface area contributed by atoms with Gasteiger partial charge < -0.3 is 4.90 Å². The van der Waals surface area contributed by atoms with Crippen molar-refractivity contribution in [3.8, 4) is 6.07 Å². The topological polar surface area (TPSA) is 44.1 Å². The minimum Gasteiger partial charge on any atom is -0.325 e. The summed E-state index contributed by atoms with van der Waals surface area (Å²) in [6.07, 6.45) is 0.858. The van der Waals surface area contributed by atoms with E-state index in [0.717, 1.165) is 9.99 Å². The smallest absolute Gasteiger partial charge is 0.255 e. The Hall–Kier alpha value is -1.09. The average molecular weight is 328 g/mol. The zero-order valence-electron chi connectivity index (χ0n) is 9.11. The van der Waals surface area contributed by atoms with E-state index in [9.17, 15) is 4.79 Å². The van der Waals surface area contributed by atoms with Crippen molar-refractivity contribution in [1.82, 2.24) is 4.90 Å². The molecule has 1 amide bonds. The van der Waals surface area contributed by atoms with Gasteiger partial charge in [-0.3, -0.25) is 4.79 Å². The number of benzene rings is 1. The Morgan fingerprint density at radius 2 is 2.19 bits per heavy atom. The second-order valence-corrected chi connectivity index (χ2v) is 4.53. The Balaban J connectivity index is 2.91. The van der Waals surface area contributed by atoms with Crippen LogP contribution in [0.2, 0.25) is 0 Å². The van der Waals surface area contributed by atoms with Gasteiger partial charge in [0.1, 0.15) is 6.54 Å². The maximum Gasteiger partial charge on any atom is 0.255 e. The second-order valence-electron chi connectivity index (χ2n) is 3.36. The van der Waals surface area contributed by atoms with Gasteiger partial charge in [-0.15, -0.1) is 0 Å². The summed E-state index contributed by atoms with van der Waals surface area (Å²) in [6.45, 7) is 2.77. The Kier molecular flexibility index (Phi) is 5.26.